The third-order valence-electron chi connectivity index (χ3n) is 11.6. The second-order valence-corrected chi connectivity index (χ2v) is 17.6. The summed E-state index contributed by atoms with van der Waals surface area (Å²) in [5.74, 6) is -0.813. The van der Waals surface area contributed by atoms with Crippen LogP contribution in [0.2, 0.25) is 0 Å². The average molecular weight is 886 g/mol. The van der Waals surface area contributed by atoms with Crippen molar-refractivity contribution in [3.63, 3.8) is 0 Å². The molecule has 4 atom stereocenters. The van der Waals surface area contributed by atoms with E-state index in [-0.39, 0.29) is 39.6 Å². The van der Waals surface area contributed by atoms with Crippen molar-refractivity contribution in [2.75, 3.05) is 18.6 Å². The summed E-state index contributed by atoms with van der Waals surface area (Å²) in [7, 11) is -2.76. The zero-order valence-electron chi connectivity index (χ0n) is 35.3. The van der Waals surface area contributed by atoms with Crippen LogP contribution in [0.5, 0.6) is 5.75 Å². The number of methoxy groups -OCH3 is 1. The molecule has 326 valence electrons. The molecule has 65 heavy (non-hydrogen) atoms. The van der Waals surface area contributed by atoms with Crippen molar-refractivity contribution >= 4 is 38.6 Å². The number of sulfone groups is 1. The Kier molecular flexibility index (Phi) is 11.9. The number of carbonyl (C=O) groups excluding carboxylic acids is 2. The molecule has 1 aliphatic heterocycles. The van der Waals surface area contributed by atoms with Gasteiger partial charge in [-0.1, -0.05) is 127 Å². The fourth-order valence-electron chi connectivity index (χ4n) is 8.37. The van der Waals surface area contributed by atoms with E-state index >= 15 is 0 Å². The Balaban J connectivity index is 1.15. The van der Waals surface area contributed by atoms with Crippen molar-refractivity contribution in [1.29, 1.82) is 0 Å². The fourth-order valence-corrected chi connectivity index (χ4v) is 10.2. The highest BCUT2D eigenvalue weighted by molar-refractivity contribution is 7.92. The topological polar surface area (TPSA) is 163 Å². The number of aryl methyl sites for hydroxylation is 1. The number of hydrogen-bond donors (Lipinski definition) is 1. The van der Waals surface area contributed by atoms with Crippen molar-refractivity contribution in [2.45, 2.75) is 41.1 Å². The van der Waals surface area contributed by atoms with Gasteiger partial charge in [0.2, 0.25) is 0 Å². The van der Waals surface area contributed by atoms with Crippen LogP contribution >= 0.6 is 0 Å². The predicted octanol–water partition coefficient (Wildman–Crippen LogP) is 7.74. The number of nitrogens with zero attached hydrogens (tertiary/aromatic N) is 5. The summed E-state index contributed by atoms with van der Waals surface area (Å²) < 4.78 is 50.5. The highest BCUT2D eigenvalue weighted by Crippen LogP contribution is 2.44. The molecule has 0 spiro atoms. The Morgan fingerprint density at radius 1 is 0.708 bits per heavy atom. The number of aliphatic hydroxyl groups excluding tert-OH is 1. The number of imidazole rings is 1. The number of aliphatic hydroxyl groups is 1. The Morgan fingerprint density at radius 2 is 1.23 bits per heavy atom. The molecule has 6 aromatic carbocycles. The number of aromatic nitrogens is 4. The Hall–Kier alpha value is -7.36. The van der Waals surface area contributed by atoms with E-state index < -0.39 is 50.9 Å². The second-order valence-electron chi connectivity index (χ2n) is 15.5. The number of benzene rings is 6. The SMILES string of the molecule is COc1ccc(C(OC[C@H]2O[C@@H](n3cnc4c(N(C(=O)c5ccccc5)C(=O)c5ccccc5)ncnc43)[C@H](O)[C@H]2S(=O)(=O)c2ccc(C)cc2)(c2ccccc2)c2ccccc2)cc1. The molecular formula is C51H43N5O8S. The van der Waals surface area contributed by atoms with Crippen LogP contribution in [0.3, 0.4) is 0 Å². The van der Waals surface area contributed by atoms with E-state index in [9.17, 15) is 23.1 Å². The van der Waals surface area contributed by atoms with Crippen molar-refractivity contribution in [3.8, 4) is 5.75 Å². The number of hydrogen-bond acceptors (Lipinski definition) is 11. The van der Waals surface area contributed by atoms with Crippen LogP contribution in [-0.4, -0.2) is 76.0 Å². The summed E-state index contributed by atoms with van der Waals surface area (Å²) >= 11 is 0. The van der Waals surface area contributed by atoms with Gasteiger partial charge in [-0.3, -0.25) is 14.2 Å². The molecule has 1 aliphatic rings. The lowest BCUT2D eigenvalue weighted by Gasteiger charge is -2.37. The number of fused-ring (bicyclic) bond motifs is 1. The molecule has 3 heterocycles. The number of ether oxygens (including phenoxy) is 3. The van der Waals surface area contributed by atoms with Crippen LogP contribution < -0.4 is 9.64 Å². The molecule has 0 aliphatic carbocycles. The maximum absolute atomic E-state index is 14.9. The summed E-state index contributed by atoms with van der Waals surface area (Å²) in [6.07, 6.45) is -1.88. The lowest BCUT2D eigenvalue weighted by atomic mass is 9.80. The van der Waals surface area contributed by atoms with Gasteiger partial charge in [0.25, 0.3) is 11.8 Å². The zero-order valence-corrected chi connectivity index (χ0v) is 36.1. The van der Waals surface area contributed by atoms with Gasteiger partial charge in [0, 0.05) is 11.1 Å². The number of amides is 2. The maximum atomic E-state index is 14.9. The quantitative estimate of drug-likeness (QED) is 0.0890. The molecule has 8 aromatic rings. The minimum absolute atomic E-state index is 0.0106. The van der Waals surface area contributed by atoms with Gasteiger partial charge in [-0.05, 0) is 72.1 Å². The number of imide groups is 1. The van der Waals surface area contributed by atoms with E-state index in [4.69, 9.17) is 14.2 Å². The molecule has 0 radical (unpaired) electrons. The van der Waals surface area contributed by atoms with Crippen LogP contribution in [0, 0.1) is 6.92 Å². The molecule has 2 amide bonds. The number of rotatable bonds is 13. The summed E-state index contributed by atoms with van der Waals surface area (Å²) in [5, 5.41) is 10.8. The maximum Gasteiger partial charge on any atom is 0.266 e. The van der Waals surface area contributed by atoms with E-state index in [1.54, 1.807) is 79.9 Å². The van der Waals surface area contributed by atoms with Crippen molar-refractivity contribution < 1.29 is 37.3 Å². The van der Waals surface area contributed by atoms with E-state index in [0.29, 0.717) is 5.75 Å². The van der Waals surface area contributed by atoms with Crippen LogP contribution in [0.1, 0.15) is 49.2 Å². The second kappa shape index (κ2) is 18.0. The number of carbonyl (C=O) groups is 2. The van der Waals surface area contributed by atoms with E-state index in [2.05, 4.69) is 15.0 Å². The molecule has 2 aromatic heterocycles. The van der Waals surface area contributed by atoms with Gasteiger partial charge in [0.15, 0.2) is 33.0 Å². The lowest BCUT2D eigenvalue weighted by Crippen LogP contribution is -2.43. The fraction of sp³-hybridized carbons (Fsp3) is 0.157. The zero-order chi connectivity index (χ0) is 45.1. The first kappa shape index (κ1) is 42.9. The molecule has 1 saturated heterocycles. The minimum Gasteiger partial charge on any atom is -0.497 e. The van der Waals surface area contributed by atoms with Gasteiger partial charge in [0.05, 0.1) is 24.9 Å². The largest absolute Gasteiger partial charge is 0.497 e. The lowest BCUT2D eigenvalue weighted by molar-refractivity contribution is -0.0849. The van der Waals surface area contributed by atoms with Crippen molar-refractivity contribution in [1.82, 2.24) is 19.5 Å². The first-order chi connectivity index (χ1) is 31.6. The highest BCUT2D eigenvalue weighted by atomic mass is 32.2. The monoisotopic (exact) mass is 885 g/mol. The van der Waals surface area contributed by atoms with Crippen LogP contribution in [0.25, 0.3) is 11.2 Å². The normalized spacial score (nSPS) is 17.5. The molecule has 13 nitrogen and oxygen atoms in total. The van der Waals surface area contributed by atoms with Crippen LogP contribution in [-0.2, 0) is 24.9 Å². The van der Waals surface area contributed by atoms with E-state index in [0.717, 1.165) is 27.2 Å². The first-order valence-electron chi connectivity index (χ1n) is 20.8. The van der Waals surface area contributed by atoms with Gasteiger partial charge >= 0.3 is 0 Å². The average Bonchev–Trinajstić information content (AvgIpc) is 3.94. The van der Waals surface area contributed by atoms with Gasteiger partial charge in [-0.15, -0.1) is 0 Å². The van der Waals surface area contributed by atoms with E-state index in [1.165, 1.54) is 29.4 Å². The molecule has 1 N–H and O–H groups in total. The van der Waals surface area contributed by atoms with Crippen LogP contribution in [0.4, 0.5) is 5.82 Å². The summed E-state index contributed by atoms with van der Waals surface area (Å²) in [6, 6.07) is 49.6. The third kappa shape index (κ3) is 7.97. The first-order valence-corrected chi connectivity index (χ1v) is 22.4. The standard InChI is InChI=1S/C51H43N5O8S/c1-34-23-29-41(30-24-34)65(60,61)45-42(31-63-51(37-19-11-5-12-20-37,38-21-13-6-14-22-38)39-25-27-40(62-2)28-26-39)64-50(44(45)57)55-33-54-43-46(55)52-32-53-47(43)56(48(58)35-15-7-3-8-16-35)49(59)36-17-9-4-10-18-36/h3-30,32-33,42,44-45,50,57H,31H2,1-2H3/t42-,44-,45+,50-/m1/s1. The molecule has 0 saturated carbocycles. The van der Waals surface area contributed by atoms with Crippen molar-refractivity contribution in [3.05, 3.63) is 216 Å². The van der Waals surface area contributed by atoms with Gasteiger partial charge in [0.1, 0.15) is 35.1 Å². The molecule has 9 rings (SSSR count). The molecular weight excluding hydrogens is 843 g/mol. The predicted molar refractivity (Wildman–Crippen MR) is 243 cm³/mol. The molecule has 0 unspecified atom stereocenters. The van der Waals surface area contributed by atoms with E-state index in [1.807, 2.05) is 91.9 Å². The van der Waals surface area contributed by atoms with Gasteiger partial charge in [-0.2, -0.15) is 0 Å². The summed E-state index contributed by atoms with van der Waals surface area (Å²) in [5.41, 5.74) is 2.34. The Labute approximate surface area is 375 Å². The summed E-state index contributed by atoms with van der Waals surface area (Å²) in [6.45, 7) is 1.53. The van der Waals surface area contributed by atoms with Crippen molar-refractivity contribution in [2.24, 2.45) is 0 Å². The molecule has 1 fully saturated rings. The van der Waals surface area contributed by atoms with Gasteiger partial charge in [-0.25, -0.2) is 28.3 Å². The van der Waals surface area contributed by atoms with Crippen LogP contribution in [0.15, 0.2) is 187 Å². The Bertz CT molecular complexity index is 2960. The van der Waals surface area contributed by atoms with Gasteiger partial charge < -0.3 is 19.3 Å². The number of anilines is 1. The molecule has 0 bridgehead atoms. The third-order valence-corrected chi connectivity index (χ3v) is 13.8. The summed E-state index contributed by atoms with van der Waals surface area (Å²) in [4.78, 5) is 42.8. The Morgan fingerprint density at radius 3 is 1.77 bits per heavy atom. The minimum atomic E-state index is -4.34. The highest BCUT2D eigenvalue weighted by Gasteiger charge is 2.53. The molecule has 14 heteroatoms. The smallest absolute Gasteiger partial charge is 0.266 e.